The Labute approximate surface area is 128 Å². The quantitative estimate of drug-likeness (QED) is 0.782. The zero-order chi connectivity index (χ0) is 15.5. The lowest BCUT2D eigenvalue weighted by Crippen LogP contribution is -2.31. The molecule has 1 aromatic carbocycles. The van der Waals surface area contributed by atoms with Crippen LogP contribution in [-0.2, 0) is 25.1 Å². The van der Waals surface area contributed by atoms with Gasteiger partial charge in [-0.2, -0.15) is 0 Å². The molecule has 0 aliphatic carbocycles. The Hall–Kier alpha value is -1.31. The fraction of sp³-hybridized carbons (Fsp3) is 0.462. The summed E-state index contributed by atoms with van der Waals surface area (Å²) >= 11 is 0. The number of nitrogens with zero attached hydrogens (tertiary/aromatic N) is 1. The van der Waals surface area contributed by atoms with Crippen LogP contribution in [0.3, 0.4) is 0 Å². The van der Waals surface area contributed by atoms with Crippen LogP contribution >= 0.6 is 10.7 Å². The molecule has 2 unspecified atom stereocenters. The minimum absolute atomic E-state index is 0.0298. The number of halogens is 1. The van der Waals surface area contributed by atoms with E-state index in [-0.39, 0.29) is 19.7 Å². The van der Waals surface area contributed by atoms with E-state index in [2.05, 4.69) is 0 Å². The van der Waals surface area contributed by atoms with Crippen LogP contribution in [0.4, 0.5) is 4.79 Å². The summed E-state index contributed by atoms with van der Waals surface area (Å²) in [5.74, 6) is 0. The van der Waals surface area contributed by atoms with Gasteiger partial charge in [-0.25, -0.2) is 13.2 Å². The van der Waals surface area contributed by atoms with E-state index < -0.39 is 26.5 Å². The first-order chi connectivity index (χ1) is 9.91. The van der Waals surface area contributed by atoms with E-state index in [0.717, 1.165) is 5.56 Å². The molecule has 0 radical (unpaired) electrons. The summed E-state index contributed by atoms with van der Waals surface area (Å²) in [6.45, 7) is 0.241. The standard InChI is InChI=1S/C13H16ClNO5S/c1-19-11-7-15(8-12(11)21(14,17)18)13(16)20-9-10-5-3-2-4-6-10/h2-6,11-12H,7-9H2,1H3. The second-order valence-electron chi connectivity index (χ2n) is 4.73. The van der Waals surface area contributed by atoms with Gasteiger partial charge >= 0.3 is 6.09 Å². The molecule has 2 rings (SSSR count). The molecule has 0 spiro atoms. The maximum Gasteiger partial charge on any atom is 0.410 e. The van der Waals surface area contributed by atoms with Gasteiger partial charge in [0.15, 0.2) is 0 Å². The Kier molecular flexibility index (Phi) is 5.08. The number of carbonyl (C=O) groups is 1. The summed E-state index contributed by atoms with van der Waals surface area (Å²) in [6, 6.07) is 9.22. The highest BCUT2D eigenvalue weighted by Gasteiger charge is 2.43. The van der Waals surface area contributed by atoms with Crippen LogP contribution in [0.15, 0.2) is 30.3 Å². The molecule has 1 aliphatic heterocycles. The molecule has 6 nitrogen and oxygen atoms in total. The van der Waals surface area contributed by atoms with Gasteiger partial charge in [0.25, 0.3) is 0 Å². The fourth-order valence-electron chi connectivity index (χ4n) is 2.20. The molecule has 1 fully saturated rings. The van der Waals surface area contributed by atoms with Crippen molar-refractivity contribution in [2.75, 3.05) is 20.2 Å². The summed E-state index contributed by atoms with van der Waals surface area (Å²) in [5, 5.41) is -0.937. The van der Waals surface area contributed by atoms with Gasteiger partial charge in [0.1, 0.15) is 11.9 Å². The van der Waals surface area contributed by atoms with Crippen molar-refractivity contribution in [3.05, 3.63) is 35.9 Å². The molecule has 1 aliphatic rings. The Balaban J connectivity index is 1.95. The third kappa shape index (κ3) is 4.09. The molecule has 1 heterocycles. The molecule has 8 heteroatoms. The molecule has 21 heavy (non-hydrogen) atoms. The van der Waals surface area contributed by atoms with E-state index in [1.165, 1.54) is 12.0 Å². The van der Waals surface area contributed by atoms with Crippen molar-refractivity contribution in [3.63, 3.8) is 0 Å². The number of methoxy groups -OCH3 is 1. The van der Waals surface area contributed by atoms with E-state index in [9.17, 15) is 13.2 Å². The monoisotopic (exact) mass is 333 g/mol. The van der Waals surface area contributed by atoms with Gasteiger partial charge in [-0.05, 0) is 5.56 Å². The van der Waals surface area contributed by atoms with Crippen molar-refractivity contribution in [1.82, 2.24) is 4.90 Å². The molecule has 0 aromatic heterocycles. The highest BCUT2D eigenvalue weighted by Crippen LogP contribution is 2.23. The number of amides is 1. The molecule has 116 valence electrons. The number of carbonyl (C=O) groups excluding carboxylic acids is 1. The molecule has 0 saturated carbocycles. The molecule has 0 N–H and O–H groups in total. The Morgan fingerprint density at radius 1 is 1.33 bits per heavy atom. The number of hydrogen-bond donors (Lipinski definition) is 0. The summed E-state index contributed by atoms with van der Waals surface area (Å²) in [7, 11) is 2.96. The molecular formula is C13H16ClNO5S. The normalized spacial score (nSPS) is 22.3. The van der Waals surface area contributed by atoms with Gasteiger partial charge < -0.3 is 14.4 Å². The number of benzene rings is 1. The molecular weight excluding hydrogens is 318 g/mol. The van der Waals surface area contributed by atoms with Crippen LogP contribution in [0.25, 0.3) is 0 Å². The van der Waals surface area contributed by atoms with Crippen LogP contribution in [-0.4, -0.2) is 51.0 Å². The number of hydrogen-bond acceptors (Lipinski definition) is 5. The van der Waals surface area contributed by atoms with Crippen LogP contribution in [0.5, 0.6) is 0 Å². The van der Waals surface area contributed by atoms with Crippen LogP contribution in [0, 0.1) is 0 Å². The fourth-order valence-corrected chi connectivity index (χ4v) is 3.63. The average molecular weight is 334 g/mol. The van der Waals surface area contributed by atoms with Crippen molar-refractivity contribution in [3.8, 4) is 0 Å². The van der Waals surface area contributed by atoms with Crippen LogP contribution in [0.2, 0.25) is 0 Å². The van der Waals surface area contributed by atoms with Crippen molar-refractivity contribution < 1.29 is 22.7 Å². The minimum atomic E-state index is -3.80. The predicted octanol–water partition coefficient (Wildman–Crippen LogP) is 1.59. The van der Waals surface area contributed by atoms with E-state index in [1.54, 1.807) is 0 Å². The van der Waals surface area contributed by atoms with Crippen molar-refractivity contribution in [2.24, 2.45) is 0 Å². The highest BCUT2D eigenvalue weighted by atomic mass is 35.7. The second-order valence-corrected chi connectivity index (χ2v) is 7.58. The summed E-state index contributed by atoms with van der Waals surface area (Å²) < 4.78 is 33.2. The van der Waals surface area contributed by atoms with Gasteiger partial charge in [-0.1, -0.05) is 30.3 Å². The van der Waals surface area contributed by atoms with Crippen molar-refractivity contribution >= 4 is 25.8 Å². The van der Waals surface area contributed by atoms with Crippen LogP contribution in [0.1, 0.15) is 5.56 Å². The molecule has 2 atom stereocenters. The van der Waals surface area contributed by atoms with Gasteiger partial charge in [0, 0.05) is 24.3 Å². The Morgan fingerprint density at radius 2 is 2.00 bits per heavy atom. The number of likely N-dealkylation sites (tertiary alicyclic amines) is 1. The maximum atomic E-state index is 12.0. The van der Waals surface area contributed by atoms with Gasteiger partial charge in [-0.3, -0.25) is 0 Å². The summed E-state index contributed by atoms with van der Waals surface area (Å²) in [5.41, 5.74) is 0.856. The first kappa shape index (κ1) is 16.1. The smallest absolute Gasteiger partial charge is 0.410 e. The maximum absolute atomic E-state index is 12.0. The lowest BCUT2D eigenvalue weighted by Gasteiger charge is -2.15. The SMILES string of the molecule is COC1CN(C(=O)OCc2ccccc2)CC1S(=O)(=O)Cl. The zero-order valence-corrected chi connectivity index (χ0v) is 13.0. The molecule has 1 aromatic rings. The van der Waals surface area contributed by atoms with Gasteiger partial charge in [0.05, 0.1) is 12.6 Å². The molecule has 0 bridgehead atoms. The minimum Gasteiger partial charge on any atom is -0.445 e. The lowest BCUT2D eigenvalue weighted by atomic mass is 10.2. The number of ether oxygens (including phenoxy) is 2. The third-order valence-corrected chi connectivity index (χ3v) is 5.21. The Bertz CT molecular complexity index is 592. The van der Waals surface area contributed by atoms with E-state index in [0.29, 0.717) is 0 Å². The predicted molar refractivity (Wildman–Crippen MR) is 77.6 cm³/mol. The first-order valence-corrected chi connectivity index (χ1v) is 8.71. The lowest BCUT2D eigenvalue weighted by molar-refractivity contribution is 0.0852. The third-order valence-electron chi connectivity index (χ3n) is 3.34. The summed E-state index contributed by atoms with van der Waals surface area (Å²) in [6.07, 6.45) is -1.22. The van der Waals surface area contributed by atoms with Crippen molar-refractivity contribution in [2.45, 2.75) is 18.0 Å². The number of rotatable bonds is 4. The average Bonchev–Trinajstić information content (AvgIpc) is 2.90. The molecule has 1 amide bonds. The topological polar surface area (TPSA) is 72.9 Å². The van der Waals surface area contributed by atoms with Gasteiger partial charge in [-0.15, -0.1) is 0 Å². The Morgan fingerprint density at radius 3 is 2.52 bits per heavy atom. The summed E-state index contributed by atoms with van der Waals surface area (Å²) in [4.78, 5) is 13.3. The first-order valence-electron chi connectivity index (χ1n) is 6.33. The van der Waals surface area contributed by atoms with E-state index in [1.807, 2.05) is 30.3 Å². The zero-order valence-electron chi connectivity index (χ0n) is 11.4. The van der Waals surface area contributed by atoms with Gasteiger partial charge in [0.2, 0.25) is 9.05 Å². The highest BCUT2D eigenvalue weighted by molar-refractivity contribution is 8.14. The second kappa shape index (κ2) is 6.64. The van der Waals surface area contributed by atoms with Crippen molar-refractivity contribution in [1.29, 1.82) is 0 Å². The molecule has 1 saturated heterocycles. The van der Waals surface area contributed by atoms with E-state index >= 15 is 0 Å². The van der Waals surface area contributed by atoms with Crippen LogP contribution < -0.4 is 0 Å². The largest absolute Gasteiger partial charge is 0.445 e. The van der Waals surface area contributed by atoms with E-state index in [4.69, 9.17) is 20.2 Å².